The van der Waals surface area contributed by atoms with Gasteiger partial charge in [0.05, 0.1) is 13.2 Å². The van der Waals surface area contributed by atoms with Gasteiger partial charge in [-0.3, -0.25) is 18.6 Å². The quantitative estimate of drug-likeness (QED) is 0.0347. The van der Waals surface area contributed by atoms with Crippen molar-refractivity contribution in [2.24, 2.45) is 5.73 Å². The Morgan fingerprint density at radius 3 is 0.938 bits per heavy atom. The van der Waals surface area contributed by atoms with Gasteiger partial charge >= 0.3 is 19.8 Å². The topological polar surface area (TPSA) is 134 Å². The Hall–Kier alpha value is -0.990. The van der Waals surface area contributed by atoms with E-state index in [0.29, 0.717) is 6.42 Å². The SMILES string of the molecule is CCCCCCCCCCCCCCCCCCCCCCCCCCCCCCCCCC(=O)OC(COC(=O)CCCCCCCCCCCCCCC)COP(=O)(O)OCCN. The molecular weight excluding hydrogens is 834 g/mol. The Morgan fingerprint density at radius 2 is 0.662 bits per heavy atom. The van der Waals surface area contributed by atoms with Crippen LogP contribution >= 0.6 is 7.82 Å². The number of rotatable bonds is 55. The van der Waals surface area contributed by atoms with Crippen molar-refractivity contribution in [3.63, 3.8) is 0 Å². The fourth-order valence-electron chi connectivity index (χ4n) is 8.76. The molecule has 10 heteroatoms. The number of hydrogen-bond acceptors (Lipinski definition) is 8. The van der Waals surface area contributed by atoms with E-state index in [2.05, 4.69) is 13.8 Å². The number of hydrogen-bond donors (Lipinski definition) is 2. The monoisotopic (exact) mass is 944 g/mol. The van der Waals surface area contributed by atoms with Gasteiger partial charge in [-0.15, -0.1) is 0 Å². The van der Waals surface area contributed by atoms with E-state index >= 15 is 0 Å². The second-order valence-corrected chi connectivity index (χ2v) is 21.0. The molecule has 0 aliphatic carbocycles. The Kier molecular flexibility index (Phi) is 51.6. The zero-order valence-corrected chi connectivity index (χ0v) is 44.2. The van der Waals surface area contributed by atoms with Crippen LogP contribution in [0.1, 0.15) is 309 Å². The van der Waals surface area contributed by atoms with Crippen molar-refractivity contribution >= 4 is 19.8 Å². The molecule has 0 aliphatic heterocycles. The van der Waals surface area contributed by atoms with Crippen molar-refractivity contribution in [1.29, 1.82) is 0 Å². The van der Waals surface area contributed by atoms with Gasteiger partial charge in [0.15, 0.2) is 6.10 Å². The third-order valence-corrected chi connectivity index (χ3v) is 14.0. The van der Waals surface area contributed by atoms with E-state index in [9.17, 15) is 19.0 Å². The molecule has 9 nitrogen and oxygen atoms in total. The summed E-state index contributed by atoms with van der Waals surface area (Å²) in [6, 6.07) is 0. The maximum Gasteiger partial charge on any atom is 0.472 e. The average Bonchev–Trinajstić information content (AvgIpc) is 3.30. The molecule has 0 aromatic rings. The van der Waals surface area contributed by atoms with Gasteiger partial charge in [-0.25, -0.2) is 4.57 Å². The zero-order chi connectivity index (χ0) is 47.4. The summed E-state index contributed by atoms with van der Waals surface area (Å²) in [7, 11) is -4.37. The van der Waals surface area contributed by atoms with Crippen molar-refractivity contribution < 1.29 is 37.6 Å². The molecule has 0 rings (SSSR count). The summed E-state index contributed by atoms with van der Waals surface area (Å²) in [5, 5.41) is 0. The van der Waals surface area contributed by atoms with Crippen LogP contribution in [0.25, 0.3) is 0 Å². The molecule has 0 aliphatic rings. The number of phosphoric ester groups is 1. The lowest BCUT2D eigenvalue weighted by Gasteiger charge is -2.19. The highest BCUT2D eigenvalue weighted by Crippen LogP contribution is 2.43. The second kappa shape index (κ2) is 52.4. The first-order chi connectivity index (χ1) is 31.8. The zero-order valence-electron chi connectivity index (χ0n) is 43.3. The summed E-state index contributed by atoms with van der Waals surface area (Å²) in [4.78, 5) is 35.0. The minimum absolute atomic E-state index is 0.0584. The normalized spacial score (nSPS) is 13.0. The lowest BCUT2D eigenvalue weighted by molar-refractivity contribution is -0.161. The van der Waals surface area contributed by atoms with Crippen LogP contribution in [0.3, 0.4) is 0 Å². The van der Waals surface area contributed by atoms with E-state index in [1.54, 1.807) is 0 Å². The number of nitrogens with two attached hydrogens (primary N) is 1. The Bertz CT molecular complexity index is 1030. The summed E-state index contributed by atoms with van der Waals surface area (Å²) >= 11 is 0. The van der Waals surface area contributed by atoms with Gasteiger partial charge in [-0.05, 0) is 12.8 Å². The van der Waals surface area contributed by atoms with Crippen LogP contribution in [-0.4, -0.2) is 49.3 Å². The van der Waals surface area contributed by atoms with Crippen LogP contribution < -0.4 is 5.73 Å². The van der Waals surface area contributed by atoms with E-state index in [1.165, 1.54) is 244 Å². The van der Waals surface area contributed by atoms with E-state index in [-0.39, 0.29) is 38.6 Å². The van der Waals surface area contributed by atoms with Crippen LogP contribution in [-0.2, 0) is 32.7 Å². The number of carbonyl (C=O) groups excluding carboxylic acids is 2. The van der Waals surface area contributed by atoms with Crippen molar-refractivity contribution in [3.05, 3.63) is 0 Å². The van der Waals surface area contributed by atoms with Crippen LogP contribution in [0.5, 0.6) is 0 Å². The molecule has 0 heterocycles. The molecule has 2 atom stereocenters. The summed E-state index contributed by atoms with van der Waals surface area (Å²) in [6.45, 7) is 3.80. The lowest BCUT2D eigenvalue weighted by atomic mass is 10.0. The number of phosphoric acid groups is 1. The molecule has 0 aromatic carbocycles. The first kappa shape index (κ1) is 64.0. The summed E-state index contributed by atoms with van der Waals surface area (Å²) < 4.78 is 33.0. The largest absolute Gasteiger partial charge is 0.472 e. The Morgan fingerprint density at radius 1 is 0.400 bits per heavy atom. The van der Waals surface area contributed by atoms with Gasteiger partial charge in [-0.1, -0.05) is 284 Å². The van der Waals surface area contributed by atoms with E-state index in [0.717, 1.165) is 32.1 Å². The maximum atomic E-state index is 12.7. The second-order valence-electron chi connectivity index (χ2n) is 19.5. The first-order valence-corrected chi connectivity index (χ1v) is 30.0. The third kappa shape index (κ3) is 52.2. The number of ether oxygens (including phenoxy) is 2. The summed E-state index contributed by atoms with van der Waals surface area (Å²) in [5.74, 6) is -0.806. The van der Waals surface area contributed by atoms with Crippen molar-refractivity contribution in [2.45, 2.75) is 315 Å². The standard InChI is InChI=1S/C55H110NO8P/c1-3-5-7-9-11-13-15-17-18-19-20-21-22-23-24-25-26-27-28-29-30-31-32-33-34-36-38-40-42-44-46-48-55(58)64-53(52-63-65(59,60)62-50-49-56)51-61-54(57)47-45-43-41-39-37-35-16-14-12-10-8-6-4-2/h53H,3-52,56H2,1-2H3,(H,59,60). The first-order valence-electron chi connectivity index (χ1n) is 28.5. The molecule has 0 radical (unpaired) electrons. The Labute approximate surface area is 403 Å². The van der Waals surface area contributed by atoms with E-state index in [1.807, 2.05) is 0 Å². The van der Waals surface area contributed by atoms with Crippen molar-refractivity contribution in [2.75, 3.05) is 26.4 Å². The molecule has 65 heavy (non-hydrogen) atoms. The van der Waals surface area contributed by atoms with Gasteiger partial charge < -0.3 is 20.1 Å². The predicted octanol–water partition coefficient (Wildman–Crippen LogP) is 17.5. The highest BCUT2D eigenvalue weighted by Gasteiger charge is 2.26. The van der Waals surface area contributed by atoms with Crippen LogP contribution in [0.15, 0.2) is 0 Å². The predicted molar refractivity (Wildman–Crippen MR) is 275 cm³/mol. The average molecular weight is 944 g/mol. The summed E-state index contributed by atoms with van der Waals surface area (Å²) in [6.07, 6.45) is 57.5. The fourth-order valence-corrected chi connectivity index (χ4v) is 9.52. The summed E-state index contributed by atoms with van der Waals surface area (Å²) in [5.41, 5.74) is 5.37. The fraction of sp³-hybridized carbons (Fsp3) is 0.964. The van der Waals surface area contributed by atoms with Gasteiger partial charge in [0.1, 0.15) is 6.61 Å². The maximum absolute atomic E-state index is 12.7. The molecule has 0 saturated carbocycles. The van der Waals surface area contributed by atoms with Crippen LogP contribution in [0.2, 0.25) is 0 Å². The van der Waals surface area contributed by atoms with Gasteiger partial charge in [0.2, 0.25) is 0 Å². The van der Waals surface area contributed by atoms with E-state index < -0.39 is 26.5 Å². The van der Waals surface area contributed by atoms with Gasteiger partial charge in [0.25, 0.3) is 0 Å². The highest BCUT2D eigenvalue weighted by molar-refractivity contribution is 7.47. The number of unbranched alkanes of at least 4 members (excludes halogenated alkanes) is 42. The lowest BCUT2D eigenvalue weighted by Crippen LogP contribution is -2.29. The highest BCUT2D eigenvalue weighted by atomic mass is 31.2. The van der Waals surface area contributed by atoms with Gasteiger partial charge in [-0.2, -0.15) is 0 Å². The molecule has 0 fully saturated rings. The molecule has 0 saturated heterocycles. The van der Waals surface area contributed by atoms with E-state index in [4.69, 9.17) is 24.3 Å². The molecule has 0 amide bonds. The van der Waals surface area contributed by atoms with Crippen molar-refractivity contribution in [1.82, 2.24) is 0 Å². The molecule has 0 spiro atoms. The van der Waals surface area contributed by atoms with Crippen LogP contribution in [0, 0.1) is 0 Å². The number of carbonyl (C=O) groups is 2. The van der Waals surface area contributed by atoms with Crippen LogP contribution in [0.4, 0.5) is 0 Å². The molecule has 3 N–H and O–H groups in total. The molecule has 388 valence electrons. The molecule has 0 aromatic heterocycles. The van der Waals surface area contributed by atoms with Crippen molar-refractivity contribution in [3.8, 4) is 0 Å². The minimum Gasteiger partial charge on any atom is -0.462 e. The Balaban J connectivity index is 3.81. The minimum atomic E-state index is -4.37. The third-order valence-electron chi connectivity index (χ3n) is 13.0. The molecule has 2 unspecified atom stereocenters. The smallest absolute Gasteiger partial charge is 0.462 e. The molecule has 0 bridgehead atoms. The molecular formula is C55H110NO8P. The van der Waals surface area contributed by atoms with Gasteiger partial charge in [0, 0.05) is 19.4 Å². The number of esters is 2.